The van der Waals surface area contributed by atoms with Gasteiger partial charge in [-0.25, -0.2) is 0 Å². The number of rotatable bonds is 6. The van der Waals surface area contributed by atoms with Crippen molar-refractivity contribution in [2.75, 3.05) is 11.1 Å². The number of benzene rings is 1. The minimum absolute atomic E-state index is 0.124. The molecule has 0 heterocycles. The molecule has 0 saturated heterocycles. The van der Waals surface area contributed by atoms with Gasteiger partial charge in [0.25, 0.3) is 0 Å². The highest BCUT2D eigenvalue weighted by Crippen LogP contribution is 2.35. The fourth-order valence-corrected chi connectivity index (χ4v) is 2.23. The van der Waals surface area contributed by atoms with E-state index in [1.165, 1.54) is 6.07 Å². The van der Waals surface area contributed by atoms with Crippen molar-refractivity contribution >= 4 is 17.3 Å². The lowest BCUT2D eigenvalue weighted by molar-refractivity contribution is -0.137. The largest absolute Gasteiger partial charge is 0.418 e. The van der Waals surface area contributed by atoms with Gasteiger partial charge >= 0.3 is 6.18 Å². The highest BCUT2D eigenvalue weighted by molar-refractivity contribution is 5.92. The Kier molecular flexibility index (Phi) is 6.05. The average molecular weight is 302 g/mol. The standard InChI is InChI=1S/C15H21F3N2O/c1-3-5-10(6-4-2)14(21)20-11-7-8-13(19)12(9-11)15(16,17)18/h7-10H,3-6,19H2,1-2H3,(H,20,21). The van der Waals surface area contributed by atoms with E-state index < -0.39 is 11.7 Å². The van der Waals surface area contributed by atoms with Crippen molar-refractivity contribution in [2.45, 2.75) is 45.7 Å². The number of hydrogen-bond acceptors (Lipinski definition) is 2. The van der Waals surface area contributed by atoms with E-state index in [4.69, 9.17) is 5.73 Å². The summed E-state index contributed by atoms with van der Waals surface area (Å²) < 4.78 is 38.3. The Hall–Kier alpha value is -1.72. The van der Waals surface area contributed by atoms with Gasteiger partial charge in [0.15, 0.2) is 0 Å². The number of nitrogens with one attached hydrogen (secondary N) is 1. The van der Waals surface area contributed by atoms with Crippen molar-refractivity contribution in [1.29, 1.82) is 0 Å². The molecular formula is C15H21F3N2O. The zero-order valence-corrected chi connectivity index (χ0v) is 12.3. The smallest absolute Gasteiger partial charge is 0.398 e. The van der Waals surface area contributed by atoms with Crippen LogP contribution in [0.15, 0.2) is 18.2 Å². The lowest BCUT2D eigenvalue weighted by atomic mass is 9.97. The van der Waals surface area contributed by atoms with Crippen molar-refractivity contribution in [3.8, 4) is 0 Å². The molecule has 6 heteroatoms. The average Bonchev–Trinajstić information content (AvgIpc) is 2.39. The third-order valence-corrected chi connectivity index (χ3v) is 3.27. The minimum atomic E-state index is -4.53. The van der Waals surface area contributed by atoms with Crippen LogP contribution in [0.4, 0.5) is 24.5 Å². The Morgan fingerprint density at radius 3 is 2.29 bits per heavy atom. The zero-order valence-electron chi connectivity index (χ0n) is 12.3. The molecule has 1 aromatic carbocycles. The van der Waals surface area contributed by atoms with Crippen LogP contribution in [0.5, 0.6) is 0 Å². The summed E-state index contributed by atoms with van der Waals surface area (Å²) in [5.41, 5.74) is 4.18. The van der Waals surface area contributed by atoms with Crippen molar-refractivity contribution in [3.63, 3.8) is 0 Å². The maximum absolute atomic E-state index is 12.8. The second-order valence-electron chi connectivity index (χ2n) is 5.06. The van der Waals surface area contributed by atoms with Crippen LogP contribution in [0.1, 0.15) is 45.1 Å². The van der Waals surface area contributed by atoms with Crippen LogP contribution in [0.25, 0.3) is 0 Å². The molecule has 21 heavy (non-hydrogen) atoms. The molecule has 0 radical (unpaired) electrons. The van der Waals surface area contributed by atoms with Gasteiger partial charge < -0.3 is 11.1 Å². The van der Waals surface area contributed by atoms with Gasteiger partial charge in [0, 0.05) is 17.3 Å². The van der Waals surface area contributed by atoms with Crippen molar-refractivity contribution in [1.82, 2.24) is 0 Å². The summed E-state index contributed by atoms with van der Waals surface area (Å²) in [6.07, 6.45) is -1.38. The molecule has 0 saturated carbocycles. The highest BCUT2D eigenvalue weighted by Gasteiger charge is 2.33. The Bertz CT molecular complexity index is 480. The quantitative estimate of drug-likeness (QED) is 0.763. The van der Waals surface area contributed by atoms with E-state index in [9.17, 15) is 18.0 Å². The van der Waals surface area contributed by atoms with Gasteiger partial charge in [-0.1, -0.05) is 26.7 Å². The second-order valence-corrected chi connectivity index (χ2v) is 5.06. The van der Waals surface area contributed by atoms with Gasteiger partial charge in [-0.2, -0.15) is 13.2 Å². The molecule has 0 bridgehead atoms. The summed E-state index contributed by atoms with van der Waals surface area (Å²) in [7, 11) is 0. The van der Waals surface area contributed by atoms with Crippen LogP contribution >= 0.6 is 0 Å². The summed E-state index contributed by atoms with van der Waals surface area (Å²) in [4.78, 5) is 12.1. The number of nitrogen functional groups attached to an aromatic ring is 1. The number of carbonyl (C=O) groups excluding carboxylic acids is 1. The predicted octanol–water partition coefficient (Wildman–Crippen LogP) is 4.44. The number of alkyl halides is 3. The molecule has 0 aliphatic heterocycles. The molecule has 1 amide bonds. The number of nitrogens with two attached hydrogens (primary N) is 1. The van der Waals surface area contributed by atoms with Gasteiger partial charge in [0.2, 0.25) is 5.91 Å². The first kappa shape index (κ1) is 17.3. The van der Waals surface area contributed by atoms with Gasteiger partial charge in [-0.15, -0.1) is 0 Å². The fourth-order valence-electron chi connectivity index (χ4n) is 2.23. The van der Waals surface area contributed by atoms with Crippen LogP contribution in [0.2, 0.25) is 0 Å². The number of amides is 1. The van der Waals surface area contributed by atoms with E-state index in [0.29, 0.717) is 0 Å². The predicted molar refractivity (Wildman–Crippen MR) is 77.8 cm³/mol. The number of hydrogen-bond donors (Lipinski definition) is 2. The number of carbonyl (C=O) groups is 1. The van der Waals surface area contributed by atoms with Gasteiger partial charge in [-0.3, -0.25) is 4.79 Å². The zero-order chi connectivity index (χ0) is 16.0. The van der Waals surface area contributed by atoms with Gasteiger partial charge in [0.05, 0.1) is 5.56 Å². The molecule has 0 unspecified atom stereocenters. The molecule has 118 valence electrons. The lowest BCUT2D eigenvalue weighted by Gasteiger charge is -2.17. The Balaban J connectivity index is 2.90. The molecule has 1 rings (SSSR count). The topological polar surface area (TPSA) is 55.1 Å². The van der Waals surface area contributed by atoms with Crippen molar-refractivity contribution < 1.29 is 18.0 Å². The third-order valence-electron chi connectivity index (χ3n) is 3.27. The van der Waals surface area contributed by atoms with Crippen LogP contribution in [0.3, 0.4) is 0 Å². The van der Waals surface area contributed by atoms with Gasteiger partial charge in [-0.05, 0) is 31.0 Å². The molecule has 3 nitrogen and oxygen atoms in total. The molecule has 0 fully saturated rings. The second kappa shape index (κ2) is 7.33. The lowest BCUT2D eigenvalue weighted by Crippen LogP contribution is -2.23. The SMILES string of the molecule is CCCC(CCC)C(=O)Nc1ccc(N)c(C(F)(F)F)c1. The first-order chi connectivity index (χ1) is 9.79. The van der Waals surface area contributed by atoms with Crippen molar-refractivity contribution in [2.24, 2.45) is 5.92 Å². The Morgan fingerprint density at radius 1 is 1.24 bits per heavy atom. The summed E-state index contributed by atoms with van der Waals surface area (Å²) >= 11 is 0. The van der Waals surface area contributed by atoms with Crippen molar-refractivity contribution in [3.05, 3.63) is 23.8 Å². The minimum Gasteiger partial charge on any atom is -0.398 e. The number of anilines is 2. The number of halogens is 3. The van der Waals surface area contributed by atoms with E-state index in [1.807, 2.05) is 13.8 Å². The van der Waals surface area contributed by atoms with E-state index in [-0.39, 0.29) is 23.2 Å². The molecule has 0 atom stereocenters. The monoisotopic (exact) mass is 302 g/mol. The van der Waals surface area contributed by atoms with E-state index in [2.05, 4.69) is 5.32 Å². The van der Waals surface area contributed by atoms with Gasteiger partial charge in [0.1, 0.15) is 0 Å². The van der Waals surface area contributed by atoms with Crippen LogP contribution in [0, 0.1) is 5.92 Å². The molecule has 1 aromatic rings. The molecule has 3 N–H and O–H groups in total. The van der Waals surface area contributed by atoms with Crippen LogP contribution in [-0.2, 0) is 11.0 Å². The van der Waals surface area contributed by atoms with E-state index >= 15 is 0 Å². The fraction of sp³-hybridized carbons (Fsp3) is 0.533. The normalized spacial score (nSPS) is 11.7. The van der Waals surface area contributed by atoms with E-state index in [1.54, 1.807) is 0 Å². The maximum Gasteiger partial charge on any atom is 0.418 e. The third kappa shape index (κ3) is 4.95. The molecule has 0 aliphatic rings. The van der Waals surface area contributed by atoms with E-state index in [0.717, 1.165) is 37.8 Å². The maximum atomic E-state index is 12.8. The molecule has 0 aliphatic carbocycles. The first-order valence-electron chi connectivity index (χ1n) is 7.07. The Morgan fingerprint density at radius 2 is 1.81 bits per heavy atom. The van der Waals surface area contributed by atoms with Crippen LogP contribution in [-0.4, -0.2) is 5.91 Å². The molecule has 0 spiro atoms. The summed E-state index contributed by atoms with van der Waals surface area (Å²) in [6, 6.07) is 3.42. The summed E-state index contributed by atoms with van der Waals surface area (Å²) in [5, 5.41) is 2.56. The highest BCUT2D eigenvalue weighted by atomic mass is 19.4. The summed E-state index contributed by atoms with van der Waals surface area (Å²) in [6.45, 7) is 3.95. The molecular weight excluding hydrogens is 281 g/mol. The molecule has 0 aromatic heterocycles. The summed E-state index contributed by atoms with van der Waals surface area (Å²) in [5.74, 6) is -0.413. The van der Waals surface area contributed by atoms with Crippen LogP contribution < -0.4 is 11.1 Å². The Labute approximate surface area is 122 Å². The first-order valence-corrected chi connectivity index (χ1v) is 7.07.